The molecule has 2 unspecified atom stereocenters. The molecule has 1 saturated heterocycles. The second kappa shape index (κ2) is 5.39. The third-order valence-electron chi connectivity index (χ3n) is 3.84. The van der Waals surface area contributed by atoms with Crippen LogP contribution in [0.2, 0.25) is 18.1 Å². The van der Waals surface area contributed by atoms with Crippen LogP contribution in [0.3, 0.4) is 0 Å². The van der Waals surface area contributed by atoms with Crippen LogP contribution in [0.25, 0.3) is 10.4 Å². The summed E-state index contributed by atoms with van der Waals surface area (Å²) in [5.41, 5.74) is 8.59. The van der Waals surface area contributed by atoms with E-state index in [1.807, 2.05) is 0 Å². The molecule has 1 fully saturated rings. The van der Waals surface area contributed by atoms with Crippen molar-refractivity contribution in [3.8, 4) is 0 Å². The highest BCUT2D eigenvalue weighted by molar-refractivity contribution is 6.74. The molecular weight excluding hydrogens is 232 g/mol. The van der Waals surface area contributed by atoms with Gasteiger partial charge in [0.2, 0.25) is 0 Å². The number of hydrogen-bond donors (Lipinski definition) is 1. The Balaban J connectivity index is 2.74. The Morgan fingerprint density at radius 2 is 2.06 bits per heavy atom. The molecule has 1 heterocycles. The molecule has 1 N–H and O–H groups in total. The molecular formula is C11H24N4OSi. The van der Waals surface area contributed by atoms with E-state index in [4.69, 9.17) is 9.96 Å². The number of piperidine rings is 1. The van der Waals surface area contributed by atoms with E-state index in [1.54, 1.807) is 0 Å². The van der Waals surface area contributed by atoms with E-state index in [9.17, 15) is 0 Å². The number of nitrogens with one attached hydrogen (secondary N) is 1. The minimum atomic E-state index is -1.79. The monoisotopic (exact) mass is 256 g/mol. The minimum absolute atomic E-state index is 0.0182. The Hall–Kier alpha value is -0.553. The molecule has 0 aromatic carbocycles. The molecule has 1 aliphatic heterocycles. The van der Waals surface area contributed by atoms with Crippen LogP contribution in [0, 0.1) is 0 Å². The third kappa shape index (κ3) is 3.71. The zero-order valence-electron chi connectivity index (χ0n) is 11.5. The van der Waals surface area contributed by atoms with Crippen LogP contribution in [-0.4, -0.2) is 33.6 Å². The lowest BCUT2D eigenvalue weighted by molar-refractivity contribution is 0.128. The predicted molar refractivity (Wildman–Crippen MR) is 72.5 cm³/mol. The summed E-state index contributed by atoms with van der Waals surface area (Å²) in [6.45, 7) is 12.8. The SMILES string of the molecule is CC(C)(C)[Si](C)(C)OC1CNCCC1N=[N+]=[N-]. The summed E-state index contributed by atoms with van der Waals surface area (Å²) >= 11 is 0. The number of rotatable bonds is 3. The lowest BCUT2D eigenvalue weighted by Gasteiger charge is -2.42. The van der Waals surface area contributed by atoms with Gasteiger partial charge in [0, 0.05) is 11.5 Å². The standard InChI is InChI=1S/C11H24N4OSi/c1-11(2,3)17(4,5)16-10-8-13-7-6-9(10)14-15-12/h9-10,13H,6-8H2,1-5H3. The first-order chi connectivity index (χ1) is 7.78. The molecule has 0 aromatic rings. The molecule has 6 heteroatoms. The van der Waals surface area contributed by atoms with Gasteiger partial charge in [-0.2, -0.15) is 0 Å². The first kappa shape index (κ1) is 14.5. The fraction of sp³-hybridized carbons (Fsp3) is 1.00. The summed E-state index contributed by atoms with van der Waals surface area (Å²) in [5, 5.41) is 7.37. The zero-order chi connectivity index (χ0) is 13.1. The normalized spacial score (nSPS) is 26.4. The second-order valence-corrected chi connectivity index (χ2v) is 10.9. The topological polar surface area (TPSA) is 70.0 Å². The lowest BCUT2D eigenvalue weighted by Crippen LogP contribution is -2.52. The van der Waals surface area contributed by atoms with Crippen LogP contribution < -0.4 is 5.32 Å². The molecule has 0 spiro atoms. The van der Waals surface area contributed by atoms with Gasteiger partial charge in [-0.25, -0.2) is 0 Å². The van der Waals surface area contributed by atoms with Crippen LogP contribution >= 0.6 is 0 Å². The predicted octanol–water partition coefficient (Wildman–Crippen LogP) is 3.05. The Labute approximate surface area is 105 Å². The summed E-state index contributed by atoms with van der Waals surface area (Å²) in [6, 6.07) is -0.0182. The molecule has 1 aliphatic rings. The molecule has 17 heavy (non-hydrogen) atoms. The molecule has 1 rings (SSSR count). The fourth-order valence-electron chi connectivity index (χ4n) is 1.69. The van der Waals surface area contributed by atoms with Crippen LogP contribution in [-0.2, 0) is 4.43 Å². The van der Waals surface area contributed by atoms with Crippen molar-refractivity contribution < 1.29 is 4.43 Å². The number of nitrogens with zero attached hydrogens (tertiary/aromatic N) is 3. The van der Waals surface area contributed by atoms with Crippen LogP contribution in [0.5, 0.6) is 0 Å². The zero-order valence-corrected chi connectivity index (χ0v) is 12.5. The molecule has 0 aliphatic carbocycles. The maximum atomic E-state index is 8.59. The summed E-state index contributed by atoms with van der Waals surface area (Å²) in [6.07, 6.45) is 0.893. The smallest absolute Gasteiger partial charge is 0.192 e. The van der Waals surface area contributed by atoms with E-state index in [2.05, 4.69) is 49.2 Å². The van der Waals surface area contributed by atoms with E-state index < -0.39 is 8.32 Å². The molecule has 0 amide bonds. The van der Waals surface area contributed by atoms with Gasteiger partial charge in [-0.1, -0.05) is 25.9 Å². The largest absolute Gasteiger partial charge is 0.412 e. The summed E-state index contributed by atoms with van der Waals surface area (Å²) in [4.78, 5) is 2.93. The molecule has 0 aromatic heterocycles. The maximum Gasteiger partial charge on any atom is 0.192 e. The molecule has 0 radical (unpaired) electrons. The highest BCUT2D eigenvalue weighted by Gasteiger charge is 2.41. The van der Waals surface area contributed by atoms with E-state index in [1.165, 1.54) is 0 Å². The van der Waals surface area contributed by atoms with Crippen LogP contribution in [0.4, 0.5) is 0 Å². The quantitative estimate of drug-likeness (QED) is 0.365. The van der Waals surface area contributed by atoms with Gasteiger partial charge in [-0.05, 0) is 36.6 Å². The van der Waals surface area contributed by atoms with Gasteiger partial charge in [0.05, 0.1) is 12.1 Å². The maximum absolute atomic E-state index is 8.59. The number of hydrogen-bond acceptors (Lipinski definition) is 3. The van der Waals surface area contributed by atoms with Crippen LogP contribution in [0.1, 0.15) is 27.2 Å². The van der Waals surface area contributed by atoms with Crippen molar-refractivity contribution in [3.63, 3.8) is 0 Å². The van der Waals surface area contributed by atoms with E-state index >= 15 is 0 Å². The first-order valence-electron chi connectivity index (χ1n) is 6.20. The van der Waals surface area contributed by atoms with Gasteiger partial charge in [-0.15, -0.1) is 0 Å². The average Bonchev–Trinajstić information content (AvgIpc) is 2.19. The minimum Gasteiger partial charge on any atom is -0.412 e. The Bertz CT molecular complexity index is 307. The van der Waals surface area contributed by atoms with Gasteiger partial charge in [0.1, 0.15) is 0 Å². The van der Waals surface area contributed by atoms with Gasteiger partial charge >= 0.3 is 0 Å². The van der Waals surface area contributed by atoms with Gasteiger partial charge in [0.25, 0.3) is 0 Å². The van der Waals surface area contributed by atoms with Crippen molar-refractivity contribution >= 4 is 8.32 Å². The molecule has 98 valence electrons. The van der Waals surface area contributed by atoms with Crippen molar-refractivity contribution in [1.29, 1.82) is 0 Å². The second-order valence-electron chi connectivity index (χ2n) is 6.18. The molecule has 5 nitrogen and oxygen atoms in total. The molecule has 0 bridgehead atoms. The third-order valence-corrected chi connectivity index (χ3v) is 8.35. The summed E-state index contributed by atoms with van der Waals surface area (Å²) in [7, 11) is -1.79. The lowest BCUT2D eigenvalue weighted by atomic mass is 10.1. The van der Waals surface area contributed by atoms with Crippen molar-refractivity contribution in [2.75, 3.05) is 13.1 Å². The van der Waals surface area contributed by atoms with E-state index in [-0.39, 0.29) is 17.2 Å². The van der Waals surface area contributed by atoms with E-state index in [0.29, 0.717) is 0 Å². The summed E-state index contributed by atoms with van der Waals surface area (Å²) in [5.74, 6) is 0. The van der Waals surface area contributed by atoms with Gasteiger partial charge in [0.15, 0.2) is 8.32 Å². The first-order valence-corrected chi connectivity index (χ1v) is 9.11. The Kier molecular flexibility index (Phi) is 4.60. The van der Waals surface area contributed by atoms with Gasteiger partial charge in [-0.3, -0.25) is 0 Å². The average molecular weight is 256 g/mol. The van der Waals surface area contributed by atoms with Crippen LogP contribution in [0.15, 0.2) is 5.11 Å². The summed E-state index contributed by atoms with van der Waals surface area (Å²) < 4.78 is 6.32. The molecule has 0 saturated carbocycles. The highest BCUT2D eigenvalue weighted by Crippen LogP contribution is 2.38. The van der Waals surface area contributed by atoms with Gasteiger partial charge < -0.3 is 9.74 Å². The van der Waals surface area contributed by atoms with Crippen molar-refractivity contribution in [2.45, 2.75) is 57.5 Å². The van der Waals surface area contributed by atoms with Crippen molar-refractivity contribution in [3.05, 3.63) is 10.4 Å². The molecule has 2 atom stereocenters. The van der Waals surface area contributed by atoms with Crippen molar-refractivity contribution in [1.82, 2.24) is 5.32 Å². The Morgan fingerprint density at radius 1 is 1.41 bits per heavy atom. The highest BCUT2D eigenvalue weighted by atomic mass is 28.4. The fourth-order valence-corrected chi connectivity index (χ4v) is 3.04. The van der Waals surface area contributed by atoms with E-state index in [0.717, 1.165) is 19.5 Å². The Morgan fingerprint density at radius 3 is 2.59 bits per heavy atom. The van der Waals surface area contributed by atoms with Crippen molar-refractivity contribution in [2.24, 2.45) is 5.11 Å². The number of azide groups is 1.